The summed E-state index contributed by atoms with van der Waals surface area (Å²) < 4.78 is 13.0. The van der Waals surface area contributed by atoms with Crippen LogP contribution in [0.5, 0.6) is 0 Å². The molecule has 1 amide bonds. The van der Waals surface area contributed by atoms with Crippen molar-refractivity contribution in [2.24, 2.45) is 0 Å². The Bertz CT molecular complexity index is 510. The van der Waals surface area contributed by atoms with E-state index in [-0.39, 0.29) is 12.1 Å². The second-order valence-corrected chi connectivity index (χ2v) is 3.24. The smallest absolute Gasteiger partial charge is 0.305 e. The molecule has 0 radical (unpaired) electrons. The lowest BCUT2D eigenvalue weighted by molar-refractivity contribution is -0.387. The number of hydrogen-bond acceptors (Lipinski definition) is 4. The highest BCUT2D eigenvalue weighted by Gasteiger charge is 2.19. The zero-order valence-corrected chi connectivity index (χ0v) is 8.88. The van der Waals surface area contributed by atoms with Crippen molar-refractivity contribution >= 4 is 11.6 Å². The molecule has 0 atom stereocenters. The van der Waals surface area contributed by atoms with Crippen LogP contribution in [0.4, 0.5) is 10.1 Å². The van der Waals surface area contributed by atoms with E-state index in [0.717, 1.165) is 23.1 Å². The molecule has 0 heterocycles. The molecule has 0 aliphatic carbocycles. The Morgan fingerprint density at radius 2 is 2.29 bits per heavy atom. The van der Waals surface area contributed by atoms with Crippen LogP contribution in [-0.4, -0.2) is 29.3 Å². The van der Waals surface area contributed by atoms with Gasteiger partial charge in [0.15, 0.2) is 0 Å². The van der Waals surface area contributed by atoms with Gasteiger partial charge in [0.05, 0.1) is 11.0 Å². The summed E-state index contributed by atoms with van der Waals surface area (Å²) in [5, 5.41) is 18.9. The van der Waals surface area contributed by atoms with Gasteiger partial charge >= 0.3 is 5.69 Å². The molecule has 6 nitrogen and oxygen atoms in total. The zero-order valence-electron chi connectivity index (χ0n) is 8.88. The van der Waals surface area contributed by atoms with E-state index >= 15 is 0 Å². The lowest BCUT2D eigenvalue weighted by atomic mass is 10.1. The van der Waals surface area contributed by atoms with Crippen molar-refractivity contribution in [3.63, 3.8) is 0 Å². The van der Waals surface area contributed by atoms with E-state index in [9.17, 15) is 19.3 Å². The Morgan fingerprint density at radius 1 is 1.65 bits per heavy atom. The first-order chi connectivity index (χ1) is 7.97. The minimum Gasteiger partial charge on any atom is -0.328 e. The summed E-state index contributed by atoms with van der Waals surface area (Å²) in [6.07, 6.45) is 0. The summed E-state index contributed by atoms with van der Waals surface area (Å²) in [5.74, 6) is -1.58. The molecule has 7 heteroatoms. The van der Waals surface area contributed by atoms with Gasteiger partial charge in [-0.15, -0.1) is 0 Å². The summed E-state index contributed by atoms with van der Waals surface area (Å²) >= 11 is 0. The van der Waals surface area contributed by atoms with Crippen LogP contribution in [0.3, 0.4) is 0 Å². The van der Waals surface area contributed by atoms with Crippen molar-refractivity contribution in [1.82, 2.24) is 4.90 Å². The fraction of sp³-hybridized carbons (Fsp3) is 0.200. The molecule has 0 spiro atoms. The molecule has 0 N–H and O–H groups in total. The minimum atomic E-state index is -1.01. The number of carbonyl (C=O) groups excluding carboxylic acids is 1. The Morgan fingerprint density at radius 3 is 2.82 bits per heavy atom. The Balaban J connectivity index is 3.08. The van der Waals surface area contributed by atoms with Gasteiger partial charge in [-0.05, 0) is 12.1 Å². The fourth-order valence-electron chi connectivity index (χ4n) is 1.18. The van der Waals surface area contributed by atoms with Gasteiger partial charge in [-0.2, -0.15) is 9.65 Å². The molecular formula is C10H8FN3O3. The number of benzene rings is 1. The summed E-state index contributed by atoms with van der Waals surface area (Å²) in [4.78, 5) is 22.3. The van der Waals surface area contributed by atoms with Gasteiger partial charge in [-0.3, -0.25) is 14.9 Å². The van der Waals surface area contributed by atoms with Crippen molar-refractivity contribution < 1.29 is 14.1 Å². The fourth-order valence-corrected chi connectivity index (χ4v) is 1.18. The van der Waals surface area contributed by atoms with Crippen molar-refractivity contribution in [1.29, 1.82) is 5.26 Å². The first-order valence-corrected chi connectivity index (χ1v) is 4.53. The van der Waals surface area contributed by atoms with Gasteiger partial charge in [0.1, 0.15) is 6.54 Å². The van der Waals surface area contributed by atoms with Crippen molar-refractivity contribution in [2.45, 2.75) is 0 Å². The first-order valence-electron chi connectivity index (χ1n) is 4.53. The molecule has 0 saturated heterocycles. The molecule has 88 valence electrons. The molecule has 0 unspecified atom stereocenters. The summed E-state index contributed by atoms with van der Waals surface area (Å²) in [7, 11) is 1.38. The second kappa shape index (κ2) is 5.03. The summed E-state index contributed by atoms with van der Waals surface area (Å²) in [5.41, 5.74) is -0.794. The van der Waals surface area contributed by atoms with Gasteiger partial charge in [-0.25, -0.2) is 0 Å². The van der Waals surface area contributed by atoms with Crippen LogP contribution in [0.25, 0.3) is 0 Å². The summed E-state index contributed by atoms with van der Waals surface area (Å²) in [6, 6.07) is 4.61. The predicted molar refractivity (Wildman–Crippen MR) is 55.6 cm³/mol. The van der Waals surface area contributed by atoms with Crippen LogP contribution in [-0.2, 0) is 0 Å². The molecule has 0 fully saturated rings. The molecule has 17 heavy (non-hydrogen) atoms. The molecule has 1 aromatic rings. The Kier molecular flexibility index (Phi) is 3.72. The highest BCUT2D eigenvalue weighted by molar-refractivity contribution is 5.94. The van der Waals surface area contributed by atoms with E-state index < -0.39 is 22.3 Å². The SMILES string of the molecule is CN(CC#N)C(=O)c1ccc(F)c([N+](=O)[O-])c1. The van der Waals surface area contributed by atoms with Crippen LogP contribution < -0.4 is 0 Å². The highest BCUT2D eigenvalue weighted by Crippen LogP contribution is 2.19. The molecule has 0 aromatic heterocycles. The summed E-state index contributed by atoms with van der Waals surface area (Å²) in [6.45, 7) is -0.149. The van der Waals surface area contributed by atoms with E-state index in [4.69, 9.17) is 5.26 Å². The largest absolute Gasteiger partial charge is 0.328 e. The van der Waals surface area contributed by atoms with Gasteiger partial charge in [0.2, 0.25) is 5.82 Å². The molecule has 0 aliphatic rings. The third kappa shape index (κ3) is 2.75. The zero-order chi connectivity index (χ0) is 13.0. The minimum absolute atomic E-state index is 0.0316. The van der Waals surface area contributed by atoms with Crippen LogP contribution in [0.2, 0.25) is 0 Å². The van der Waals surface area contributed by atoms with Crippen LogP contribution >= 0.6 is 0 Å². The topological polar surface area (TPSA) is 87.2 Å². The number of halogens is 1. The number of amides is 1. The Hall–Kier alpha value is -2.49. The second-order valence-electron chi connectivity index (χ2n) is 3.24. The van der Waals surface area contributed by atoms with Gasteiger partial charge in [0.25, 0.3) is 5.91 Å². The normalized spacial score (nSPS) is 9.47. The number of nitriles is 1. The molecule has 1 aromatic carbocycles. The maximum Gasteiger partial charge on any atom is 0.305 e. The number of rotatable bonds is 3. The lowest BCUT2D eigenvalue weighted by Gasteiger charge is -2.12. The Labute approximate surface area is 96.0 Å². The van der Waals surface area contributed by atoms with Gasteiger partial charge in [-0.1, -0.05) is 0 Å². The van der Waals surface area contributed by atoms with Crippen molar-refractivity contribution in [3.8, 4) is 6.07 Å². The van der Waals surface area contributed by atoms with E-state index in [1.54, 1.807) is 6.07 Å². The maximum atomic E-state index is 13.0. The molecule has 1 rings (SSSR count). The van der Waals surface area contributed by atoms with Crippen LogP contribution in [0.1, 0.15) is 10.4 Å². The highest BCUT2D eigenvalue weighted by atomic mass is 19.1. The average molecular weight is 237 g/mol. The average Bonchev–Trinajstić information content (AvgIpc) is 2.28. The molecule has 0 saturated carbocycles. The van der Waals surface area contributed by atoms with Crippen molar-refractivity contribution in [3.05, 3.63) is 39.7 Å². The number of carbonyl (C=O) groups is 1. The van der Waals surface area contributed by atoms with Crippen molar-refractivity contribution in [2.75, 3.05) is 13.6 Å². The molecule has 0 bridgehead atoms. The molecular weight excluding hydrogens is 229 g/mol. The van der Waals surface area contributed by atoms with E-state index in [1.807, 2.05) is 0 Å². The third-order valence-corrected chi connectivity index (χ3v) is 2.04. The van der Waals surface area contributed by atoms with E-state index in [0.29, 0.717) is 0 Å². The number of nitro benzene ring substituents is 1. The van der Waals surface area contributed by atoms with E-state index in [1.165, 1.54) is 7.05 Å². The number of nitrogens with zero attached hydrogens (tertiary/aromatic N) is 3. The third-order valence-electron chi connectivity index (χ3n) is 2.04. The van der Waals surface area contributed by atoms with Crippen LogP contribution in [0, 0.1) is 27.3 Å². The number of nitro groups is 1. The quantitative estimate of drug-likeness (QED) is 0.450. The monoisotopic (exact) mass is 237 g/mol. The van der Waals surface area contributed by atoms with Gasteiger partial charge in [0, 0.05) is 18.7 Å². The predicted octanol–water partition coefficient (Wildman–Crippen LogP) is 1.33. The van der Waals surface area contributed by atoms with E-state index in [2.05, 4.69) is 0 Å². The molecule has 0 aliphatic heterocycles. The lowest BCUT2D eigenvalue weighted by Crippen LogP contribution is -2.27. The number of hydrogen-bond donors (Lipinski definition) is 0. The standard InChI is InChI=1S/C10H8FN3O3/c1-13(5-4-12)10(15)7-2-3-8(11)9(6-7)14(16)17/h2-3,6H,5H2,1H3. The maximum absolute atomic E-state index is 13.0. The first kappa shape index (κ1) is 12.6. The van der Waals surface area contributed by atoms with Crippen LogP contribution in [0.15, 0.2) is 18.2 Å². The van der Waals surface area contributed by atoms with Gasteiger partial charge < -0.3 is 4.90 Å².